The molecule has 0 aromatic carbocycles. The van der Waals surface area contributed by atoms with E-state index < -0.39 is 0 Å². The van der Waals surface area contributed by atoms with Crippen LogP contribution in [0.25, 0.3) is 0 Å². The van der Waals surface area contributed by atoms with E-state index in [9.17, 15) is 4.79 Å². The highest BCUT2D eigenvalue weighted by Gasteiger charge is 2.26. The van der Waals surface area contributed by atoms with Gasteiger partial charge in [-0.1, -0.05) is 13.3 Å². The van der Waals surface area contributed by atoms with Gasteiger partial charge in [0.15, 0.2) is 5.11 Å². The first-order valence-electron chi connectivity index (χ1n) is 8.45. The Hall–Kier alpha value is -1.14. The molecule has 0 saturated heterocycles. The minimum absolute atomic E-state index is 0.235. The molecule has 0 amide bonds. The second kappa shape index (κ2) is 8.64. The molecule has 1 aromatic rings. The van der Waals surface area contributed by atoms with Crippen molar-refractivity contribution < 1.29 is 9.53 Å². The lowest BCUT2D eigenvalue weighted by Gasteiger charge is -2.15. The van der Waals surface area contributed by atoms with Gasteiger partial charge in [-0.2, -0.15) is 0 Å². The van der Waals surface area contributed by atoms with Crippen LogP contribution in [0.4, 0.5) is 5.00 Å². The Bertz CT molecular complexity index is 569. The summed E-state index contributed by atoms with van der Waals surface area (Å²) in [6, 6.07) is 0.304. The fourth-order valence-corrected chi connectivity index (χ4v) is 4.36. The van der Waals surface area contributed by atoms with Crippen LogP contribution >= 0.6 is 23.6 Å². The number of hydrogen-bond acceptors (Lipinski definition) is 4. The first-order valence-corrected chi connectivity index (χ1v) is 9.68. The van der Waals surface area contributed by atoms with Crippen LogP contribution < -0.4 is 10.6 Å². The quantitative estimate of drug-likeness (QED) is 0.470. The Labute approximate surface area is 148 Å². The van der Waals surface area contributed by atoms with Crippen molar-refractivity contribution in [2.24, 2.45) is 0 Å². The van der Waals surface area contributed by atoms with Gasteiger partial charge in [0.05, 0.1) is 12.2 Å². The fraction of sp³-hybridized carbons (Fsp3) is 0.647. The van der Waals surface area contributed by atoms with E-state index >= 15 is 0 Å². The van der Waals surface area contributed by atoms with E-state index in [2.05, 4.69) is 24.5 Å². The number of carbonyl (C=O) groups is 1. The van der Waals surface area contributed by atoms with Crippen LogP contribution in [0.3, 0.4) is 0 Å². The molecule has 0 spiro atoms. The van der Waals surface area contributed by atoms with Crippen LogP contribution in [-0.2, 0) is 17.6 Å². The van der Waals surface area contributed by atoms with Gasteiger partial charge in [0.25, 0.3) is 0 Å². The Morgan fingerprint density at radius 2 is 2.04 bits per heavy atom. The van der Waals surface area contributed by atoms with Gasteiger partial charge in [-0.3, -0.25) is 0 Å². The molecule has 2 N–H and O–H groups in total. The van der Waals surface area contributed by atoms with Crippen molar-refractivity contribution in [2.45, 2.75) is 65.3 Å². The molecule has 0 aliphatic heterocycles. The largest absolute Gasteiger partial charge is 0.462 e. The average molecular weight is 355 g/mol. The number of ether oxygens (including phenoxy) is 1. The van der Waals surface area contributed by atoms with Crippen LogP contribution in [0.1, 0.15) is 67.3 Å². The lowest BCUT2D eigenvalue weighted by atomic mass is 10.1. The van der Waals surface area contributed by atoms with Gasteiger partial charge < -0.3 is 15.4 Å². The molecule has 1 aliphatic carbocycles. The van der Waals surface area contributed by atoms with Crippen molar-refractivity contribution in [3.63, 3.8) is 0 Å². The first kappa shape index (κ1) is 18.2. The number of thiocarbonyl (C=S) groups is 1. The molecule has 0 saturated carbocycles. The number of thiophene rings is 1. The molecule has 1 heterocycles. The summed E-state index contributed by atoms with van der Waals surface area (Å²) in [6.07, 6.45) is 6.52. The summed E-state index contributed by atoms with van der Waals surface area (Å²) >= 11 is 7.04. The summed E-state index contributed by atoms with van der Waals surface area (Å²) in [4.78, 5) is 13.8. The van der Waals surface area contributed by atoms with Gasteiger partial charge >= 0.3 is 5.97 Å². The third-order valence-electron chi connectivity index (χ3n) is 4.12. The van der Waals surface area contributed by atoms with E-state index in [-0.39, 0.29) is 5.97 Å². The van der Waals surface area contributed by atoms with Gasteiger partial charge in [-0.25, -0.2) is 4.79 Å². The number of esters is 1. The zero-order valence-electron chi connectivity index (χ0n) is 14.2. The lowest BCUT2D eigenvalue weighted by molar-refractivity contribution is 0.0527. The smallest absolute Gasteiger partial charge is 0.341 e. The molecule has 1 aliphatic rings. The van der Waals surface area contributed by atoms with Gasteiger partial charge in [0, 0.05) is 10.9 Å². The second-order valence-electron chi connectivity index (χ2n) is 5.90. The standard InChI is InChI=1S/C17H26N2O2S2/c1-4-11(3)18-17(22)19-15-14(16(20)21-5-2)12-9-7-6-8-10-13(12)23-15/h11H,4-10H2,1-3H3,(H2,18,19,22). The van der Waals surface area contributed by atoms with E-state index in [1.54, 1.807) is 11.3 Å². The van der Waals surface area contributed by atoms with Gasteiger partial charge in [-0.05, 0) is 63.7 Å². The summed E-state index contributed by atoms with van der Waals surface area (Å²) in [5, 5.41) is 7.87. The highest BCUT2D eigenvalue weighted by Crippen LogP contribution is 2.38. The summed E-state index contributed by atoms with van der Waals surface area (Å²) in [5.74, 6) is -0.235. The Morgan fingerprint density at radius 3 is 2.74 bits per heavy atom. The van der Waals surface area contributed by atoms with E-state index in [1.165, 1.54) is 23.3 Å². The maximum Gasteiger partial charge on any atom is 0.341 e. The molecule has 0 fully saturated rings. The van der Waals surface area contributed by atoms with Crippen molar-refractivity contribution in [3.05, 3.63) is 16.0 Å². The van der Waals surface area contributed by atoms with Crippen molar-refractivity contribution in [2.75, 3.05) is 11.9 Å². The molecule has 6 heteroatoms. The number of hydrogen-bond donors (Lipinski definition) is 2. The maximum absolute atomic E-state index is 12.5. The van der Waals surface area contributed by atoms with Crippen molar-refractivity contribution in [1.29, 1.82) is 0 Å². The highest BCUT2D eigenvalue weighted by molar-refractivity contribution is 7.80. The molecule has 4 nitrogen and oxygen atoms in total. The van der Waals surface area contributed by atoms with Crippen molar-refractivity contribution >= 4 is 39.6 Å². The predicted molar refractivity (Wildman–Crippen MR) is 101 cm³/mol. The molecule has 1 atom stereocenters. The molecular weight excluding hydrogens is 328 g/mol. The number of carbonyl (C=O) groups excluding carboxylic acids is 1. The van der Waals surface area contributed by atoms with Crippen molar-refractivity contribution in [3.8, 4) is 0 Å². The molecule has 0 radical (unpaired) electrons. The average Bonchev–Trinajstić information content (AvgIpc) is 2.68. The van der Waals surface area contributed by atoms with Crippen LogP contribution in [0.5, 0.6) is 0 Å². The van der Waals surface area contributed by atoms with Crippen molar-refractivity contribution in [1.82, 2.24) is 5.32 Å². The zero-order valence-corrected chi connectivity index (χ0v) is 15.8. The summed E-state index contributed by atoms with van der Waals surface area (Å²) in [7, 11) is 0. The monoisotopic (exact) mass is 354 g/mol. The van der Waals surface area contributed by atoms with E-state index in [0.29, 0.717) is 23.3 Å². The maximum atomic E-state index is 12.5. The highest BCUT2D eigenvalue weighted by atomic mass is 32.1. The number of fused-ring (bicyclic) bond motifs is 1. The van der Waals surface area contributed by atoms with E-state index in [1.807, 2.05) is 6.92 Å². The SMILES string of the molecule is CCOC(=O)c1c(NC(=S)NC(C)CC)sc2c1CCCCC2. The minimum atomic E-state index is -0.235. The number of anilines is 1. The first-order chi connectivity index (χ1) is 11.1. The van der Waals surface area contributed by atoms with Crippen LogP contribution in [0, 0.1) is 0 Å². The normalized spacial score (nSPS) is 15.3. The minimum Gasteiger partial charge on any atom is -0.462 e. The van der Waals surface area contributed by atoms with Crippen LogP contribution in [-0.4, -0.2) is 23.7 Å². The molecule has 2 rings (SSSR count). The number of aryl methyl sites for hydroxylation is 1. The van der Waals surface area contributed by atoms with Gasteiger partial charge in [0.1, 0.15) is 5.00 Å². The molecule has 1 unspecified atom stereocenters. The molecule has 1 aromatic heterocycles. The second-order valence-corrected chi connectivity index (χ2v) is 7.41. The third kappa shape index (κ3) is 4.67. The topological polar surface area (TPSA) is 50.4 Å². The van der Waals surface area contributed by atoms with Gasteiger partial charge in [-0.15, -0.1) is 11.3 Å². The summed E-state index contributed by atoms with van der Waals surface area (Å²) in [6.45, 7) is 6.42. The van der Waals surface area contributed by atoms with Crippen LogP contribution in [0.2, 0.25) is 0 Å². The summed E-state index contributed by atoms with van der Waals surface area (Å²) < 4.78 is 5.28. The third-order valence-corrected chi connectivity index (χ3v) is 5.54. The molecule has 0 bridgehead atoms. The van der Waals surface area contributed by atoms with E-state index in [0.717, 1.165) is 30.7 Å². The lowest BCUT2D eigenvalue weighted by Crippen LogP contribution is -2.35. The van der Waals surface area contributed by atoms with Crippen LogP contribution in [0.15, 0.2) is 0 Å². The molecule has 128 valence electrons. The molecular formula is C17H26N2O2S2. The Morgan fingerprint density at radius 1 is 1.30 bits per heavy atom. The Balaban J connectivity index is 2.27. The predicted octanol–water partition coefficient (Wildman–Crippen LogP) is 4.28. The fourth-order valence-electron chi connectivity index (χ4n) is 2.71. The van der Waals surface area contributed by atoms with Gasteiger partial charge in [0.2, 0.25) is 0 Å². The van der Waals surface area contributed by atoms with E-state index in [4.69, 9.17) is 17.0 Å². The Kier molecular flexibility index (Phi) is 6.84. The zero-order chi connectivity index (χ0) is 16.8. The molecule has 23 heavy (non-hydrogen) atoms. The number of rotatable bonds is 5. The number of nitrogens with one attached hydrogen (secondary N) is 2. The summed E-state index contributed by atoms with van der Waals surface area (Å²) in [5.41, 5.74) is 1.86.